The lowest BCUT2D eigenvalue weighted by Gasteiger charge is -2.18. The molecule has 0 aliphatic heterocycles. The van der Waals surface area contributed by atoms with Gasteiger partial charge in [0, 0.05) is 23.4 Å². The van der Waals surface area contributed by atoms with Crippen molar-refractivity contribution in [1.29, 1.82) is 0 Å². The summed E-state index contributed by atoms with van der Waals surface area (Å²) in [5, 5.41) is 5.53. The summed E-state index contributed by atoms with van der Waals surface area (Å²) in [6, 6.07) is 13.9. The summed E-state index contributed by atoms with van der Waals surface area (Å²) < 4.78 is 15.7. The highest BCUT2D eigenvalue weighted by atomic mass is 16.5. The van der Waals surface area contributed by atoms with E-state index in [1.807, 2.05) is 12.1 Å². The normalized spacial score (nSPS) is 11.0. The van der Waals surface area contributed by atoms with Crippen LogP contribution >= 0.6 is 0 Å². The summed E-state index contributed by atoms with van der Waals surface area (Å²) in [5.41, 5.74) is 1.35. The minimum absolute atomic E-state index is 0.324. The lowest BCUT2D eigenvalue weighted by Crippen LogP contribution is -2.28. The number of urea groups is 1. The van der Waals surface area contributed by atoms with Gasteiger partial charge in [-0.05, 0) is 62.4 Å². The Morgan fingerprint density at radius 1 is 0.968 bits per heavy atom. The molecular weight excluding hydrogens is 398 g/mol. The number of aromatic nitrogens is 1. The van der Waals surface area contributed by atoms with E-state index in [0.29, 0.717) is 35.2 Å². The second-order valence-electron chi connectivity index (χ2n) is 7.56. The van der Waals surface area contributed by atoms with Crippen molar-refractivity contribution in [3.8, 4) is 17.1 Å². The maximum absolute atomic E-state index is 12.2. The predicted molar refractivity (Wildman–Crippen MR) is 117 cm³/mol. The number of nitrogens with zero attached hydrogens (tertiary/aromatic N) is 1. The molecule has 8 nitrogen and oxygen atoms in total. The van der Waals surface area contributed by atoms with E-state index in [2.05, 4.69) is 15.6 Å². The first-order chi connectivity index (χ1) is 14.8. The summed E-state index contributed by atoms with van der Waals surface area (Å²) in [6.07, 6.45) is 1.94. The molecule has 0 spiro atoms. The highest BCUT2D eigenvalue weighted by Crippen LogP contribution is 2.27. The molecule has 0 aliphatic rings. The van der Waals surface area contributed by atoms with Crippen LogP contribution in [0.1, 0.15) is 19.7 Å². The Bertz CT molecular complexity index is 1040. The molecule has 8 heteroatoms. The lowest BCUT2D eigenvalue weighted by molar-refractivity contribution is -0.150. The van der Waals surface area contributed by atoms with E-state index < -0.39 is 5.41 Å². The zero-order valence-electron chi connectivity index (χ0n) is 17.9. The quantitative estimate of drug-likeness (QED) is 0.532. The van der Waals surface area contributed by atoms with Crippen LogP contribution < -0.4 is 15.4 Å². The third-order valence-corrected chi connectivity index (χ3v) is 4.66. The van der Waals surface area contributed by atoms with Gasteiger partial charge in [-0.1, -0.05) is 0 Å². The highest BCUT2D eigenvalue weighted by molar-refractivity contribution is 5.99. The molecule has 1 aromatic heterocycles. The third kappa shape index (κ3) is 5.63. The number of carbonyl (C=O) groups is 2. The number of methoxy groups -OCH3 is 2. The predicted octanol–water partition coefficient (Wildman–Crippen LogP) is 4.74. The van der Waals surface area contributed by atoms with Gasteiger partial charge in [0.1, 0.15) is 5.75 Å². The highest BCUT2D eigenvalue weighted by Gasteiger charge is 2.31. The molecular formula is C23H25N3O5. The van der Waals surface area contributed by atoms with Gasteiger partial charge in [-0.2, -0.15) is 0 Å². The standard InChI is InChI=1S/C23H25N3O5/c1-23(2,21(27)30-4)13-20-24-14-19(31-20)15-5-7-16(8-6-15)25-22(28)26-17-9-11-18(29-3)12-10-17/h5-12,14H,13H2,1-4H3,(H2,25,26,28). The molecule has 0 saturated carbocycles. The summed E-state index contributed by atoms with van der Waals surface area (Å²) in [6.45, 7) is 3.56. The van der Waals surface area contributed by atoms with Gasteiger partial charge in [0.15, 0.2) is 11.7 Å². The SMILES string of the molecule is COC(=O)C(C)(C)Cc1ncc(-c2ccc(NC(=O)Nc3ccc(OC)cc3)cc2)o1. The summed E-state index contributed by atoms with van der Waals surface area (Å²) in [4.78, 5) is 28.3. The monoisotopic (exact) mass is 423 g/mol. The number of oxazole rings is 1. The molecule has 0 saturated heterocycles. The van der Waals surface area contributed by atoms with Crippen LogP contribution in [0.2, 0.25) is 0 Å². The van der Waals surface area contributed by atoms with Crippen LogP contribution in [0, 0.1) is 5.41 Å². The average molecular weight is 423 g/mol. The molecule has 0 aliphatic carbocycles. The van der Waals surface area contributed by atoms with Crippen LogP contribution in [0.5, 0.6) is 5.75 Å². The molecule has 2 N–H and O–H groups in total. The second-order valence-corrected chi connectivity index (χ2v) is 7.56. The topological polar surface area (TPSA) is 103 Å². The van der Waals surface area contributed by atoms with Crippen molar-refractivity contribution < 1.29 is 23.5 Å². The van der Waals surface area contributed by atoms with Gasteiger partial charge >= 0.3 is 12.0 Å². The summed E-state index contributed by atoms with van der Waals surface area (Å²) in [7, 11) is 2.94. The zero-order chi connectivity index (χ0) is 22.4. The number of carbonyl (C=O) groups excluding carboxylic acids is 2. The van der Waals surface area contributed by atoms with Gasteiger partial charge < -0.3 is 24.5 Å². The van der Waals surface area contributed by atoms with E-state index in [4.69, 9.17) is 13.9 Å². The van der Waals surface area contributed by atoms with Crippen LogP contribution in [0.3, 0.4) is 0 Å². The molecule has 162 valence electrons. The fourth-order valence-electron chi connectivity index (χ4n) is 2.94. The Morgan fingerprint density at radius 2 is 1.55 bits per heavy atom. The van der Waals surface area contributed by atoms with E-state index in [9.17, 15) is 9.59 Å². The number of nitrogens with one attached hydrogen (secondary N) is 2. The van der Waals surface area contributed by atoms with Crippen molar-refractivity contribution >= 4 is 23.4 Å². The average Bonchev–Trinajstić information content (AvgIpc) is 3.21. The van der Waals surface area contributed by atoms with Crippen LogP contribution in [0.4, 0.5) is 16.2 Å². The van der Waals surface area contributed by atoms with Crippen molar-refractivity contribution in [1.82, 2.24) is 4.98 Å². The van der Waals surface area contributed by atoms with Crippen molar-refractivity contribution in [2.24, 2.45) is 5.41 Å². The van der Waals surface area contributed by atoms with Crippen LogP contribution in [0.15, 0.2) is 59.1 Å². The van der Waals surface area contributed by atoms with Gasteiger partial charge in [-0.15, -0.1) is 0 Å². The van der Waals surface area contributed by atoms with Crippen molar-refractivity contribution in [2.45, 2.75) is 20.3 Å². The Morgan fingerprint density at radius 3 is 2.10 bits per heavy atom. The maximum Gasteiger partial charge on any atom is 0.323 e. The van der Waals surface area contributed by atoms with E-state index >= 15 is 0 Å². The fraction of sp³-hybridized carbons (Fsp3) is 0.261. The molecule has 31 heavy (non-hydrogen) atoms. The third-order valence-electron chi connectivity index (χ3n) is 4.66. The fourth-order valence-corrected chi connectivity index (χ4v) is 2.94. The minimum atomic E-state index is -0.734. The molecule has 0 atom stereocenters. The summed E-state index contributed by atoms with van der Waals surface area (Å²) in [5.74, 6) is 1.41. The van der Waals surface area contributed by atoms with E-state index in [-0.39, 0.29) is 12.0 Å². The molecule has 0 bridgehead atoms. The van der Waals surface area contributed by atoms with Crippen molar-refractivity contribution in [3.63, 3.8) is 0 Å². The number of hydrogen-bond donors (Lipinski definition) is 2. The van der Waals surface area contributed by atoms with Crippen molar-refractivity contribution in [3.05, 3.63) is 60.6 Å². The Balaban J connectivity index is 1.60. The molecule has 3 rings (SSSR count). The first-order valence-corrected chi connectivity index (χ1v) is 9.66. The van der Waals surface area contributed by atoms with Crippen LogP contribution in [0.25, 0.3) is 11.3 Å². The van der Waals surface area contributed by atoms with Gasteiger partial charge in [0.25, 0.3) is 0 Å². The van der Waals surface area contributed by atoms with Crippen LogP contribution in [-0.2, 0) is 16.0 Å². The van der Waals surface area contributed by atoms with Gasteiger partial charge in [0.2, 0.25) is 0 Å². The number of esters is 1. The molecule has 0 fully saturated rings. The molecule has 0 unspecified atom stereocenters. The second kappa shape index (κ2) is 9.34. The first kappa shape index (κ1) is 21.9. The van der Waals surface area contributed by atoms with Crippen LogP contribution in [-0.4, -0.2) is 31.2 Å². The Labute approximate surface area is 180 Å². The maximum atomic E-state index is 12.2. The number of ether oxygens (including phenoxy) is 2. The number of hydrogen-bond acceptors (Lipinski definition) is 6. The Hall–Kier alpha value is -3.81. The molecule has 1 heterocycles. The largest absolute Gasteiger partial charge is 0.497 e. The molecule has 3 aromatic rings. The number of anilines is 2. The smallest absolute Gasteiger partial charge is 0.323 e. The van der Waals surface area contributed by atoms with Gasteiger partial charge in [0.05, 0.1) is 25.8 Å². The van der Waals surface area contributed by atoms with E-state index in [1.54, 1.807) is 63.6 Å². The van der Waals surface area contributed by atoms with E-state index in [0.717, 1.165) is 5.56 Å². The van der Waals surface area contributed by atoms with Crippen molar-refractivity contribution in [2.75, 3.05) is 24.9 Å². The first-order valence-electron chi connectivity index (χ1n) is 9.66. The number of benzene rings is 2. The lowest BCUT2D eigenvalue weighted by atomic mass is 9.89. The summed E-state index contributed by atoms with van der Waals surface area (Å²) >= 11 is 0. The Kier molecular flexibility index (Phi) is 6.59. The van der Waals surface area contributed by atoms with E-state index in [1.165, 1.54) is 7.11 Å². The van der Waals surface area contributed by atoms with Gasteiger partial charge in [-0.3, -0.25) is 4.79 Å². The zero-order valence-corrected chi connectivity index (χ0v) is 17.9. The molecule has 0 radical (unpaired) electrons. The molecule has 2 aromatic carbocycles. The minimum Gasteiger partial charge on any atom is -0.497 e. The van der Waals surface area contributed by atoms with Gasteiger partial charge in [-0.25, -0.2) is 9.78 Å². The number of rotatable bonds is 7. The molecule has 2 amide bonds. The number of amides is 2.